The maximum absolute atomic E-state index is 14.0. The van der Waals surface area contributed by atoms with E-state index in [2.05, 4.69) is 15.1 Å². The summed E-state index contributed by atoms with van der Waals surface area (Å²) in [5.41, 5.74) is 0.375. The first-order valence-corrected chi connectivity index (χ1v) is 10.2. The monoisotopic (exact) mass is 427 g/mol. The van der Waals surface area contributed by atoms with Crippen molar-refractivity contribution < 1.29 is 18.8 Å². The fourth-order valence-corrected chi connectivity index (χ4v) is 4.49. The van der Waals surface area contributed by atoms with E-state index >= 15 is 0 Å². The summed E-state index contributed by atoms with van der Waals surface area (Å²) in [7, 11) is 1.63. The summed E-state index contributed by atoms with van der Waals surface area (Å²) in [5, 5.41) is 13.8. The molecule has 162 valence electrons. The van der Waals surface area contributed by atoms with Gasteiger partial charge < -0.3 is 14.4 Å². The third-order valence-electron chi connectivity index (χ3n) is 6.18. The fourth-order valence-electron chi connectivity index (χ4n) is 4.49. The standard InChI is InChI=1S/C21H22FN5O4/c1-12(10-28)27-15-9-13(22)5-6-14(15)26-11-23-16(17(26)19(27)29)18-24-20(31-25-18)21(30-2)7-3-4-8-21/h5-6,9,11-12,28H,3-4,7-8,10H2,1-2H3. The van der Waals surface area contributed by atoms with Gasteiger partial charge in [-0.25, -0.2) is 9.37 Å². The van der Waals surface area contributed by atoms with Gasteiger partial charge in [-0.1, -0.05) is 5.16 Å². The van der Waals surface area contributed by atoms with Crippen LogP contribution >= 0.6 is 0 Å². The lowest BCUT2D eigenvalue weighted by Crippen LogP contribution is -2.27. The second-order valence-corrected chi connectivity index (χ2v) is 7.98. The normalized spacial score (nSPS) is 17.0. The smallest absolute Gasteiger partial charge is 0.278 e. The molecule has 10 heteroatoms. The molecular formula is C21H22FN5O4. The van der Waals surface area contributed by atoms with Crippen LogP contribution in [0.4, 0.5) is 4.39 Å². The van der Waals surface area contributed by atoms with Crippen LogP contribution in [0.1, 0.15) is 44.5 Å². The van der Waals surface area contributed by atoms with Crippen molar-refractivity contribution in [1.29, 1.82) is 0 Å². The number of hydrogen-bond donors (Lipinski definition) is 1. The van der Waals surface area contributed by atoms with Gasteiger partial charge >= 0.3 is 0 Å². The Morgan fingerprint density at radius 3 is 2.81 bits per heavy atom. The molecule has 1 aliphatic rings. The van der Waals surface area contributed by atoms with Crippen LogP contribution in [0.3, 0.4) is 0 Å². The van der Waals surface area contributed by atoms with Gasteiger partial charge in [-0.15, -0.1) is 0 Å². The van der Waals surface area contributed by atoms with E-state index in [1.807, 2.05) is 0 Å². The number of halogens is 1. The Morgan fingerprint density at radius 2 is 2.10 bits per heavy atom. The zero-order valence-electron chi connectivity index (χ0n) is 17.2. The van der Waals surface area contributed by atoms with E-state index in [4.69, 9.17) is 9.26 Å². The number of benzene rings is 1. The molecule has 1 fully saturated rings. The molecule has 0 amide bonds. The van der Waals surface area contributed by atoms with Crippen molar-refractivity contribution in [2.75, 3.05) is 13.7 Å². The van der Waals surface area contributed by atoms with Gasteiger partial charge in [-0.3, -0.25) is 13.8 Å². The molecule has 3 heterocycles. The van der Waals surface area contributed by atoms with Crippen molar-refractivity contribution in [3.05, 3.63) is 46.6 Å². The van der Waals surface area contributed by atoms with E-state index in [-0.39, 0.29) is 23.6 Å². The minimum Gasteiger partial charge on any atom is -0.394 e. The van der Waals surface area contributed by atoms with E-state index in [1.54, 1.807) is 24.5 Å². The van der Waals surface area contributed by atoms with Crippen molar-refractivity contribution in [2.24, 2.45) is 0 Å². The predicted molar refractivity (Wildman–Crippen MR) is 109 cm³/mol. The molecule has 1 atom stereocenters. The number of methoxy groups -OCH3 is 1. The summed E-state index contributed by atoms with van der Waals surface area (Å²) in [6.07, 6.45) is 5.06. The highest BCUT2D eigenvalue weighted by atomic mass is 19.1. The van der Waals surface area contributed by atoms with Crippen molar-refractivity contribution in [2.45, 2.75) is 44.2 Å². The van der Waals surface area contributed by atoms with Crippen molar-refractivity contribution in [3.8, 4) is 11.5 Å². The van der Waals surface area contributed by atoms with Gasteiger partial charge in [0.2, 0.25) is 5.82 Å². The Balaban J connectivity index is 1.75. The van der Waals surface area contributed by atoms with Crippen LogP contribution in [0.2, 0.25) is 0 Å². The van der Waals surface area contributed by atoms with Crippen LogP contribution in [-0.4, -0.2) is 42.9 Å². The number of fused-ring (bicyclic) bond motifs is 3. The lowest BCUT2D eigenvalue weighted by Gasteiger charge is -2.22. The Kier molecular flexibility index (Phi) is 4.63. The quantitative estimate of drug-likeness (QED) is 0.522. The number of imidazole rings is 1. The summed E-state index contributed by atoms with van der Waals surface area (Å²) in [5.74, 6) is 0.0767. The minimum atomic E-state index is -0.614. The Hall–Kier alpha value is -3.11. The minimum absolute atomic E-state index is 0.183. The maximum atomic E-state index is 14.0. The van der Waals surface area contributed by atoms with E-state index in [0.717, 1.165) is 25.7 Å². The van der Waals surface area contributed by atoms with Gasteiger partial charge in [0.25, 0.3) is 11.4 Å². The molecule has 1 N–H and O–H groups in total. The zero-order valence-corrected chi connectivity index (χ0v) is 17.2. The number of hydrogen-bond acceptors (Lipinski definition) is 7. The van der Waals surface area contributed by atoms with Gasteiger partial charge in [0.1, 0.15) is 29.0 Å². The number of aromatic nitrogens is 5. The Morgan fingerprint density at radius 1 is 1.32 bits per heavy atom. The first-order valence-electron chi connectivity index (χ1n) is 10.2. The molecule has 1 aromatic carbocycles. The molecule has 0 saturated heterocycles. The van der Waals surface area contributed by atoms with Crippen molar-refractivity contribution >= 4 is 16.6 Å². The Bertz CT molecular complexity index is 1340. The van der Waals surface area contributed by atoms with E-state index < -0.39 is 23.0 Å². The summed E-state index contributed by atoms with van der Waals surface area (Å²) in [6.45, 7) is 1.40. The summed E-state index contributed by atoms with van der Waals surface area (Å²) in [4.78, 5) is 22.4. The second kappa shape index (κ2) is 7.24. The molecule has 1 unspecified atom stereocenters. The average Bonchev–Trinajstić information content (AvgIpc) is 3.52. The molecule has 31 heavy (non-hydrogen) atoms. The molecule has 3 aromatic heterocycles. The number of rotatable bonds is 5. The molecule has 0 aliphatic heterocycles. The van der Waals surface area contributed by atoms with Gasteiger partial charge in [0.15, 0.2) is 0 Å². The molecular weight excluding hydrogens is 405 g/mol. The van der Waals surface area contributed by atoms with Gasteiger partial charge in [0.05, 0.1) is 23.7 Å². The highest BCUT2D eigenvalue weighted by Crippen LogP contribution is 2.41. The van der Waals surface area contributed by atoms with Crippen LogP contribution < -0.4 is 5.56 Å². The van der Waals surface area contributed by atoms with E-state index in [1.165, 1.54) is 23.0 Å². The SMILES string of the molecule is COC1(c2nc(-c3ncn4c3c(=O)n(C(C)CO)c3cc(F)ccc34)no2)CCCC1. The third-order valence-corrected chi connectivity index (χ3v) is 6.18. The van der Waals surface area contributed by atoms with Gasteiger partial charge in [0, 0.05) is 7.11 Å². The van der Waals surface area contributed by atoms with Crippen LogP contribution in [-0.2, 0) is 10.3 Å². The number of aliphatic hydroxyl groups is 1. The lowest BCUT2D eigenvalue weighted by molar-refractivity contribution is -0.0342. The van der Waals surface area contributed by atoms with Crippen LogP contribution in [0.15, 0.2) is 33.8 Å². The molecule has 0 spiro atoms. The fraction of sp³-hybridized carbons (Fsp3) is 0.429. The topological polar surface area (TPSA) is 108 Å². The number of ether oxygens (including phenoxy) is 1. The van der Waals surface area contributed by atoms with E-state index in [9.17, 15) is 14.3 Å². The van der Waals surface area contributed by atoms with Crippen molar-refractivity contribution in [1.82, 2.24) is 24.1 Å². The highest BCUT2D eigenvalue weighted by molar-refractivity contribution is 5.83. The lowest BCUT2D eigenvalue weighted by atomic mass is 10.0. The molecule has 5 rings (SSSR count). The van der Waals surface area contributed by atoms with Crippen LogP contribution in [0.5, 0.6) is 0 Å². The summed E-state index contributed by atoms with van der Waals surface area (Å²) >= 11 is 0. The van der Waals surface area contributed by atoms with Crippen LogP contribution in [0, 0.1) is 5.82 Å². The number of nitrogens with zero attached hydrogens (tertiary/aromatic N) is 5. The molecule has 0 radical (unpaired) electrons. The Labute approximate surface area is 176 Å². The van der Waals surface area contributed by atoms with Gasteiger partial charge in [-0.2, -0.15) is 4.98 Å². The van der Waals surface area contributed by atoms with Crippen molar-refractivity contribution in [3.63, 3.8) is 0 Å². The molecule has 1 aliphatic carbocycles. The first-order chi connectivity index (χ1) is 15.0. The molecule has 0 bridgehead atoms. The van der Waals surface area contributed by atoms with Crippen LogP contribution in [0.25, 0.3) is 28.1 Å². The first kappa shape index (κ1) is 19.8. The maximum Gasteiger partial charge on any atom is 0.278 e. The molecule has 4 aromatic rings. The van der Waals surface area contributed by atoms with E-state index in [0.29, 0.717) is 16.9 Å². The summed E-state index contributed by atoms with van der Waals surface area (Å²) < 4.78 is 28.1. The summed E-state index contributed by atoms with van der Waals surface area (Å²) in [6, 6.07) is 3.59. The molecule has 1 saturated carbocycles. The third kappa shape index (κ3) is 2.89. The van der Waals surface area contributed by atoms with Gasteiger partial charge in [-0.05, 0) is 50.8 Å². The predicted octanol–water partition coefficient (Wildman–Crippen LogP) is 2.81. The second-order valence-electron chi connectivity index (χ2n) is 7.98. The number of aliphatic hydroxyl groups excluding tert-OH is 1. The zero-order chi connectivity index (χ0) is 21.8. The molecule has 9 nitrogen and oxygen atoms in total. The highest BCUT2D eigenvalue weighted by Gasteiger charge is 2.41. The average molecular weight is 427 g/mol. The largest absolute Gasteiger partial charge is 0.394 e.